The van der Waals surface area contributed by atoms with Gasteiger partial charge in [0.1, 0.15) is 0 Å². The maximum atomic E-state index is 13.6. The highest BCUT2D eigenvalue weighted by atomic mass is 31.2. The van der Waals surface area contributed by atoms with E-state index in [0.29, 0.717) is 6.61 Å². The Morgan fingerprint density at radius 1 is 0.762 bits per heavy atom. The summed E-state index contributed by atoms with van der Waals surface area (Å²) in [7, 11) is -3.03. The first-order valence-corrected chi connectivity index (χ1v) is 8.90. The average molecular weight is 302 g/mol. The second kappa shape index (κ2) is 6.17. The van der Waals surface area contributed by atoms with Crippen molar-refractivity contribution in [1.29, 1.82) is 0 Å². The number of benzene rings is 2. The summed E-state index contributed by atoms with van der Waals surface area (Å²) in [6, 6.07) is 12.1. The normalized spacial score (nSPS) is 11.7. The van der Waals surface area contributed by atoms with Crippen LogP contribution in [0.2, 0.25) is 0 Å². The number of hydrogen-bond acceptors (Lipinski definition) is 2. The fraction of sp³-hybridized carbons (Fsp3) is 0.333. The van der Waals surface area contributed by atoms with E-state index in [9.17, 15) is 4.57 Å². The van der Waals surface area contributed by atoms with E-state index in [2.05, 4.69) is 12.1 Å². The first-order chi connectivity index (χ1) is 9.85. The topological polar surface area (TPSA) is 26.3 Å². The molecule has 3 heteroatoms. The third-order valence-electron chi connectivity index (χ3n) is 3.40. The van der Waals surface area contributed by atoms with Crippen molar-refractivity contribution in [3.05, 3.63) is 58.7 Å². The monoisotopic (exact) mass is 302 g/mol. The quantitative estimate of drug-likeness (QED) is 0.792. The van der Waals surface area contributed by atoms with Crippen LogP contribution < -0.4 is 10.6 Å². The fourth-order valence-electron chi connectivity index (χ4n) is 2.72. The molecule has 21 heavy (non-hydrogen) atoms. The van der Waals surface area contributed by atoms with Crippen molar-refractivity contribution in [2.75, 3.05) is 6.61 Å². The number of aryl methyl sites for hydroxylation is 4. The molecule has 0 fully saturated rings. The van der Waals surface area contributed by atoms with Gasteiger partial charge >= 0.3 is 0 Å². The zero-order valence-corrected chi connectivity index (χ0v) is 14.3. The summed E-state index contributed by atoms with van der Waals surface area (Å²) < 4.78 is 19.4. The molecule has 112 valence electrons. The lowest BCUT2D eigenvalue weighted by Crippen LogP contribution is -2.19. The molecule has 2 aromatic rings. The van der Waals surface area contributed by atoms with Gasteiger partial charge in [-0.25, -0.2) is 0 Å². The van der Waals surface area contributed by atoms with Gasteiger partial charge in [-0.15, -0.1) is 0 Å². The summed E-state index contributed by atoms with van der Waals surface area (Å²) in [5.41, 5.74) is 4.42. The first kappa shape index (κ1) is 16.0. The molecule has 0 spiro atoms. The zero-order chi connectivity index (χ0) is 15.6. The number of hydrogen-bond donors (Lipinski definition) is 0. The van der Waals surface area contributed by atoms with Crippen molar-refractivity contribution in [3.63, 3.8) is 0 Å². The van der Waals surface area contributed by atoms with Gasteiger partial charge in [0.2, 0.25) is 0 Å². The van der Waals surface area contributed by atoms with Crippen LogP contribution in [0, 0.1) is 27.7 Å². The standard InChI is InChI=1S/C18H23O2P/c1-6-20-21(19,17-9-13(2)7-14(3)10-17)18-11-15(4)8-16(5)12-18/h7-12H,6H2,1-5H3. The lowest BCUT2D eigenvalue weighted by molar-refractivity contribution is 0.348. The first-order valence-electron chi connectivity index (χ1n) is 7.27. The molecule has 0 unspecified atom stereocenters. The Hall–Kier alpha value is -1.37. The molecule has 0 radical (unpaired) electrons. The Morgan fingerprint density at radius 3 is 1.38 bits per heavy atom. The van der Waals surface area contributed by atoms with Gasteiger partial charge < -0.3 is 4.52 Å². The maximum absolute atomic E-state index is 13.6. The van der Waals surface area contributed by atoms with Crippen LogP contribution in [-0.4, -0.2) is 6.61 Å². The maximum Gasteiger partial charge on any atom is 0.261 e. The molecule has 0 heterocycles. The molecule has 0 saturated carbocycles. The fourth-order valence-corrected chi connectivity index (χ4v) is 5.18. The number of rotatable bonds is 4. The predicted molar refractivity (Wildman–Crippen MR) is 90.3 cm³/mol. The molecule has 0 N–H and O–H groups in total. The van der Waals surface area contributed by atoms with Crippen molar-refractivity contribution in [2.24, 2.45) is 0 Å². The summed E-state index contributed by atoms with van der Waals surface area (Å²) in [5, 5.41) is 1.57. The van der Waals surface area contributed by atoms with Crippen molar-refractivity contribution in [1.82, 2.24) is 0 Å². The van der Waals surface area contributed by atoms with Gasteiger partial charge in [-0.3, -0.25) is 4.57 Å². The lowest BCUT2D eigenvalue weighted by Gasteiger charge is -2.20. The van der Waals surface area contributed by atoms with Crippen LogP contribution in [0.4, 0.5) is 0 Å². The largest absolute Gasteiger partial charge is 0.322 e. The minimum Gasteiger partial charge on any atom is -0.322 e. The highest BCUT2D eigenvalue weighted by molar-refractivity contribution is 7.74. The molecule has 2 rings (SSSR count). The van der Waals surface area contributed by atoms with Crippen molar-refractivity contribution in [2.45, 2.75) is 34.6 Å². The summed E-state index contributed by atoms with van der Waals surface area (Å²) in [5.74, 6) is 0. The van der Waals surface area contributed by atoms with E-state index in [1.54, 1.807) is 0 Å². The summed E-state index contributed by atoms with van der Waals surface area (Å²) in [4.78, 5) is 0. The third-order valence-corrected chi connectivity index (χ3v) is 5.90. The second-order valence-electron chi connectivity index (χ2n) is 5.66. The Bertz CT molecular complexity index is 608. The van der Waals surface area contributed by atoms with Crippen LogP contribution >= 0.6 is 7.37 Å². The molecule has 0 atom stereocenters. The van der Waals surface area contributed by atoms with Gasteiger partial charge in [-0.2, -0.15) is 0 Å². The summed E-state index contributed by atoms with van der Waals surface area (Å²) in [6.07, 6.45) is 0. The highest BCUT2D eigenvalue weighted by Gasteiger charge is 2.29. The summed E-state index contributed by atoms with van der Waals surface area (Å²) in [6.45, 7) is 10.4. The molecule has 0 aliphatic rings. The molecule has 0 aliphatic carbocycles. The smallest absolute Gasteiger partial charge is 0.261 e. The third kappa shape index (κ3) is 3.45. The summed E-state index contributed by atoms with van der Waals surface area (Å²) >= 11 is 0. The van der Waals surface area contributed by atoms with E-state index < -0.39 is 7.37 Å². The van der Waals surface area contributed by atoms with Crippen LogP contribution in [0.25, 0.3) is 0 Å². The van der Waals surface area contributed by atoms with Crippen LogP contribution in [0.5, 0.6) is 0 Å². The second-order valence-corrected chi connectivity index (χ2v) is 8.06. The van der Waals surface area contributed by atoms with Gasteiger partial charge in [0, 0.05) is 10.6 Å². The van der Waals surface area contributed by atoms with E-state index in [-0.39, 0.29) is 0 Å². The van der Waals surface area contributed by atoms with Crippen molar-refractivity contribution in [3.8, 4) is 0 Å². The van der Waals surface area contributed by atoms with E-state index >= 15 is 0 Å². The molecule has 2 aromatic carbocycles. The highest BCUT2D eigenvalue weighted by Crippen LogP contribution is 2.45. The van der Waals surface area contributed by atoms with E-state index in [1.807, 2.05) is 58.9 Å². The van der Waals surface area contributed by atoms with Gasteiger partial charge in [0.15, 0.2) is 0 Å². The van der Waals surface area contributed by atoms with E-state index in [0.717, 1.165) is 32.9 Å². The van der Waals surface area contributed by atoms with Crippen molar-refractivity contribution < 1.29 is 9.09 Å². The van der Waals surface area contributed by atoms with Crippen LogP contribution in [-0.2, 0) is 9.09 Å². The molecule has 0 aliphatic heterocycles. The van der Waals surface area contributed by atoms with Crippen LogP contribution in [0.3, 0.4) is 0 Å². The lowest BCUT2D eigenvalue weighted by atomic mass is 10.2. The van der Waals surface area contributed by atoms with Gasteiger partial charge in [0.25, 0.3) is 7.37 Å². The molecular formula is C18H23O2P. The van der Waals surface area contributed by atoms with Gasteiger partial charge in [0.05, 0.1) is 6.61 Å². The molecule has 0 amide bonds. The minimum absolute atomic E-state index is 0.428. The molecular weight excluding hydrogens is 279 g/mol. The molecule has 0 saturated heterocycles. The Morgan fingerprint density at radius 2 is 1.10 bits per heavy atom. The van der Waals surface area contributed by atoms with E-state index in [1.165, 1.54) is 0 Å². The molecule has 0 bridgehead atoms. The van der Waals surface area contributed by atoms with Gasteiger partial charge in [-0.05, 0) is 58.9 Å². The Kier molecular flexibility index (Phi) is 4.70. The predicted octanol–water partition coefficient (Wildman–Crippen LogP) is 4.19. The van der Waals surface area contributed by atoms with Crippen LogP contribution in [0.1, 0.15) is 29.2 Å². The van der Waals surface area contributed by atoms with Crippen LogP contribution in [0.15, 0.2) is 36.4 Å². The Balaban J connectivity index is 2.67. The SMILES string of the molecule is CCOP(=O)(c1cc(C)cc(C)c1)c1cc(C)cc(C)c1. The Labute approximate surface area is 127 Å². The van der Waals surface area contributed by atoms with E-state index in [4.69, 9.17) is 4.52 Å². The minimum atomic E-state index is -3.03. The molecule has 0 aromatic heterocycles. The zero-order valence-electron chi connectivity index (χ0n) is 13.4. The average Bonchev–Trinajstić information content (AvgIpc) is 2.36. The van der Waals surface area contributed by atoms with Gasteiger partial charge in [-0.1, -0.05) is 34.4 Å². The molecule has 2 nitrogen and oxygen atoms in total. The van der Waals surface area contributed by atoms with Crippen molar-refractivity contribution >= 4 is 18.0 Å².